The maximum Gasteiger partial charge on any atom is 0.253 e. The summed E-state index contributed by atoms with van der Waals surface area (Å²) in [6, 6.07) is 16.8. The topological polar surface area (TPSA) is 67.4 Å². The second kappa shape index (κ2) is 8.25. The number of nitrogens with one attached hydrogen (secondary N) is 2. The van der Waals surface area contributed by atoms with Crippen molar-refractivity contribution in [1.82, 2.24) is 5.48 Å². The van der Waals surface area contributed by atoms with Crippen LogP contribution in [-0.4, -0.2) is 18.4 Å². The number of carbonyl (C=O) groups excluding carboxylic acids is 2. The maximum absolute atomic E-state index is 12.3. The van der Waals surface area contributed by atoms with E-state index < -0.39 is 5.41 Å². The molecule has 2 rings (SSSR count). The zero-order valence-corrected chi connectivity index (χ0v) is 15.7. The minimum atomic E-state index is -0.757. The van der Waals surface area contributed by atoms with Gasteiger partial charge in [-0.25, -0.2) is 5.48 Å². The van der Waals surface area contributed by atoms with Crippen molar-refractivity contribution >= 4 is 40.1 Å². The molecule has 0 aliphatic heterocycles. The van der Waals surface area contributed by atoms with E-state index in [1.165, 1.54) is 0 Å². The van der Waals surface area contributed by atoms with Crippen LogP contribution in [0.15, 0.2) is 54.6 Å². The molecule has 0 aliphatic carbocycles. The average Bonchev–Trinajstić information content (AvgIpc) is 2.55. The second-order valence-corrected chi connectivity index (χ2v) is 7.02. The molecule has 0 aromatic heterocycles. The Balaban J connectivity index is 1.83. The Labute approximate surface area is 154 Å². The van der Waals surface area contributed by atoms with Gasteiger partial charge in [0.25, 0.3) is 11.8 Å². The first kappa shape index (κ1) is 18.4. The molecule has 2 N–H and O–H groups in total. The fourth-order valence-corrected chi connectivity index (χ4v) is 2.59. The minimum Gasteiger partial charge on any atom is -0.324 e. The molecule has 6 heteroatoms. The van der Waals surface area contributed by atoms with E-state index in [0.29, 0.717) is 5.69 Å². The largest absolute Gasteiger partial charge is 0.324 e. The van der Waals surface area contributed by atoms with Gasteiger partial charge >= 0.3 is 0 Å². The lowest BCUT2D eigenvalue weighted by Gasteiger charge is -2.23. The van der Waals surface area contributed by atoms with Gasteiger partial charge in [-0.1, -0.05) is 36.4 Å². The lowest BCUT2D eigenvalue weighted by Crippen LogP contribution is -2.41. The summed E-state index contributed by atoms with van der Waals surface area (Å²) < 4.78 is 1.02. The summed E-state index contributed by atoms with van der Waals surface area (Å²) in [7, 11) is 0. The number of amides is 2. The lowest BCUT2D eigenvalue weighted by atomic mass is 9.84. The third kappa shape index (κ3) is 5.04. The first-order valence-electron chi connectivity index (χ1n) is 7.43. The standard InChI is InChI=1S/C18H19IN2O3/c1-18(2,13-7-4-3-5-8-13)17(23)21-24-12-16(22)20-15-10-6-9-14(19)11-15/h3-11H,12H2,1-2H3,(H,20,22)(H,21,23). The van der Waals surface area contributed by atoms with Crippen molar-refractivity contribution in [1.29, 1.82) is 0 Å². The molecule has 0 saturated heterocycles. The van der Waals surface area contributed by atoms with Crippen LogP contribution < -0.4 is 10.8 Å². The highest BCUT2D eigenvalue weighted by Crippen LogP contribution is 2.22. The Kier molecular flexibility index (Phi) is 6.33. The van der Waals surface area contributed by atoms with Crippen molar-refractivity contribution in [2.75, 3.05) is 11.9 Å². The molecule has 5 nitrogen and oxygen atoms in total. The summed E-state index contributed by atoms with van der Waals surface area (Å²) in [6.07, 6.45) is 0. The van der Waals surface area contributed by atoms with Gasteiger partial charge in [-0.3, -0.25) is 14.4 Å². The van der Waals surface area contributed by atoms with Crippen molar-refractivity contribution < 1.29 is 14.4 Å². The minimum absolute atomic E-state index is 0.262. The lowest BCUT2D eigenvalue weighted by molar-refractivity contribution is -0.141. The van der Waals surface area contributed by atoms with Crippen LogP contribution in [0, 0.1) is 3.57 Å². The van der Waals surface area contributed by atoms with Gasteiger partial charge in [0, 0.05) is 9.26 Å². The van der Waals surface area contributed by atoms with Crippen LogP contribution in [0.1, 0.15) is 19.4 Å². The van der Waals surface area contributed by atoms with E-state index in [9.17, 15) is 9.59 Å². The van der Waals surface area contributed by atoms with E-state index in [0.717, 1.165) is 9.13 Å². The average molecular weight is 438 g/mol. The van der Waals surface area contributed by atoms with Crippen LogP contribution in [0.3, 0.4) is 0 Å². The normalized spacial score (nSPS) is 11.0. The third-order valence-electron chi connectivity index (χ3n) is 3.54. The molecule has 126 valence electrons. The van der Waals surface area contributed by atoms with Gasteiger partial charge in [0.1, 0.15) is 0 Å². The number of carbonyl (C=O) groups is 2. The van der Waals surface area contributed by atoms with Crippen molar-refractivity contribution in [3.05, 3.63) is 63.7 Å². The number of halogens is 1. The van der Waals surface area contributed by atoms with Crippen molar-refractivity contribution in [2.45, 2.75) is 19.3 Å². The number of hydrogen-bond acceptors (Lipinski definition) is 3. The fraction of sp³-hybridized carbons (Fsp3) is 0.222. The Morgan fingerprint density at radius 3 is 2.46 bits per heavy atom. The smallest absolute Gasteiger partial charge is 0.253 e. The second-order valence-electron chi connectivity index (χ2n) is 5.77. The van der Waals surface area contributed by atoms with Gasteiger partial charge in [0.15, 0.2) is 6.61 Å². The summed E-state index contributed by atoms with van der Waals surface area (Å²) >= 11 is 2.16. The van der Waals surface area contributed by atoms with Crippen molar-refractivity contribution in [2.24, 2.45) is 0 Å². The first-order valence-corrected chi connectivity index (χ1v) is 8.50. The molecule has 2 aromatic carbocycles. The van der Waals surface area contributed by atoms with Crippen LogP contribution in [0.2, 0.25) is 0 Å². The molecule has 0 unspecified atom stereocenters. The predicted octanol–water partition coefficient (Wildman–Crippen LogP) is 3.26. The maximum atomic E-state index is 12.3. The third-order valence-corrected chi connectivity index (χ3v) is 4.21. The van der Waals surface area contributed by atoms with Gasteiger partial charge in [-0.05, 0) is 60.2 Å². The molecule has 0 radical (unpaired) electrons. The number of benzene rings is 2. The van der Waals surface area contributed by atoms with E-state index in [4.69, 9.17) is 4.84 Å². The molecule has 2 amide bonds. The number of anilines is 1. The van der Waals surface area contributed by atoms with E-state index in [2.05, 4.69) is 33.4 Å². The highest BCUT2D eigenvalue weighted by Gasteiger charge is 2.29. The van der Waals surface area contributed by atoms with Gasteiger partial charge in [0.05, 0.1) is 5.41 Å². The Bertz CT molecular complexity index is 717. The highest BCUT2D eigenvalue weighted by molar-refractivity contribution is 14.1. The summed E-state index contributed by atoms with van der Waals surface area (Å²) in [5, 5.41) is 2.71. The Morgan fingerprint density at radius 1 is 1.08 bits per heavy atom. The molecular formula is C18H19IN2O3. The summed E-state index contributed by atoms with van der Waals surface area (Å²) in [6.45, 7) is 3.34. The molecule has 0 aliphatic rings. The molecule has 2 aromatic rings. The van der Waals surface area contributed by atoms with Crippen LogP contribution in [0.5, 0.6) is 0 Å². The molecule has 0 atom stereocenters. The highest BCUT2D eigenvalue weighted by atomic mass is 127. The van der Waals surface area contributed by atoms with Crippen LogP contribution >= 0.6 is 22.6 Å². The zero-order valence-electron chi connectivity index (χ0n) is 13.5. The molecule has 0 spiro atoms. The SMILES string of the molecule is CC(C)(C(=O)NOCC(=O)Nc1cccc(I)c1)c1ccccc1. The molecule has 0 bridgehead atoms. The number of hydroxylamine groups is 1. The Morgan fingerprint density at radius 2 is 1.79 bits per heavy atom. The van der Waals surface area contributed by atoms with Gasteiger partial charge in [0.2, 0.25) is 0 Å². The molecule has 0 saturated carbocycles. The Hall–Kier alpha value is -1.93. The van der Waals surface area contributed by atoms with Crippen molar-refractivity contribution in [3.8, 4) is 0 Å². The summed E-state index contributed by atoms with van der Waals surface area (Å²) in [4.78, 5) is 29.2. The first-order chi connectivity index (χ1) is 11.4. The monoisotopic (exact) mass is 438 g/mol. The summed E-state index contributed by atoms with van der Waals surface area (Å²) in [5.74, 6) is -0.648. The number of rotatable bonds is 6. The van der Waals surface area contributed by atoms with E-state index >= 15 is 0 Å². The fourth-order valence-electron chi connectivity index (χ4n) is 2.04. The molecule has 0 heterocycles. The molecule has 24 heavy (non-hydrogen) atoms. The van der Waals surface area contributed by atoms with Crippen LogP contribution in [0.25, 0.3) is 0 Å². The predicted molar refractivity (Wildman–Crippen MR) is 101 cm³/mol. The zero-order chi connectivity index (χ0) is 17.6. The van der Waals surface area contributed by atoms with Crippen molar-refractivity contribution in [3.63, 3.8) is 0 Å². The molecular weight excluding hydrogens is 419 g/mol. The van der Waals surface area contributed by atoms with E-state index in [-0.39, 0.29) is 18.4 Å². The summed E-state index contributed by atoms with van der Waals surface area (Å²) in [5.41, 5.74) is 3.15. The quantitative estimate of drug-likeness (QED) is 0.538. The van der Waals surface area contributed by atoms with Gasteiger partial charge in [-0.2, -0.15) is 0 Å². The number of hydrogen-bond donors (Lipinski definition) is 2. The van der Waals surface area contributed by atoms with Crippen LogP contribution in [-0.2, 0) is 19.8 Å². The van der Waals surface area contributed by atoms with Gasteiger partial charge < -0.3 is 5.32 Å². The van der Waals surface area contributed by atoms with Crippen LogP contribution in [0.4, 0.5) is 5.69 Å². The van der Waals surface area contributed by atoms with Gasteiger partial charge in [-0.15, -0.1) is 0 Å². The van der Waals surface area contributed by atoms with E-state index in [1.54, 1.807) is 19.9 Å². The van der Waals surface area contributed by atoms with E-state index in [1.807, 2.05) is 48.5 Å². The molecule has 0 fully saturated rings.